The molecule has 0 radical (unpaired) electrons. The minimum atomic E-state index is -2.03. The lowest BCUT2D eigenvalue weighted by atomic mass is 9.76. The minimum absolute atomic E-state index is 0.0934. The van der Waals surface area contributed by atoms with Gasteiger partial charge in [-0.25, -0.2) is 0 Å². The molecule has 4 bridgehead atoms. The topological polar surface area (TPSA) is 58.7 Å². The molecular weight excluding hydrogens is 376 g/mol. The molecule has 4 heterocycles. The van der Waals surface area contributed by atoms with Crippen molar-refractivity contribution in [1.82, 2.24) is 0 Å². The van der Waals surface area contributed by atoms with E-state index >= 15 is 0 Å². The molecule has 1 spiro atoms. The fraction of sp³-hybridized carbons (Fsp3) is 0.714. The Morgan fingerprint density at radius 1 is 1.04 bits per heavy atom. The van der Waals surface area contributed by atoms with Gasteiger partial charge >= 0.3 is 0 Å². The van der Waals surface area contributed by atoms with E-state index in [1.54, 1.807) is 0 Å². The van der Waals surface area contributed by atoms with Crippen LogP contribution in [0.3, 0.4) is 0 Å². The van der Waals surface area contributed by atoms with Crippen molar-refractivity contribution < 1.29 is 28.1 Å². The van der Waals surface area contributed by atoms with E-state index in [2.05, 4.69) is 46.0 Å². The summed E-state index contributed by atoms with van der Waals surface area (Å²) in [5.74, 6) is 0. The molecule has 6 rings (SSSR count). The molecule has 0 N–H and O–H groups in total. The molecule has 1 aliphatic carbocycles. The molecule has 28 heavy (non-hydrogen) atoms. The number of rotatable bonds is 5. The third-order valence-corrected chi connectivity index (χ3v) is 11.5. The molecule has 0 unspecified atom stereocenters. The van der Waals surface area contributed by atoms with Gasteiger partial charge in [0.05, 0.1) is 13.2 Å². The number of benzene rings is 1. The van der Waals surface area contributed by atoms with Gasteiger partial charge in [-0.05, 0) is 23.7 Å². The van der Waals surface area contributed by atoms with Crippen molar-refractivity contribution in [3.8, 4) is 0 Å². The van der Waals surface area contributed by atoms with Crippen LogP contribution in [0.15, 0.2) is 30.3 Å². The van der Waals surface area contributed by atoms with Gasteiger partial charge in [0.25, 0.3) is 6.48 Å². The maximum Gasteiger partial charge on any atom is 0.273 e. The Labute approximate surface area is 167 Å². The Bertz CT molecular complexity index is 728. The van der Waals surface area contributed by atoms with Crippen molar-refractivity contribution in [2.45, 2.75) is 88.1 Å². The van der Waals surface area contributed by atoms with Crippen LogP contribution >= 0.6 is 0 Å². The van der Waals surface area contributed by atoms with Gasteiger partial charge in [-0.3, -0.25) is 0 Å². The van der Waals surface area contributed by atoms with Crippen molar-refractivity contribution in [2.75, 3.05) is 6.61 Å². The van der Waals surface area contributed by atoms with E-state index < -0.39 is 20.4 Å². The van der Waals surface area contributed by atoms with Gasteiger partial charge in [0, 0.05) is 0 Å². The summed E-state index contributed by atoms with van der Waals surface area (Å²) in [7, 11) is -2.03. The zero-order valence-corrected chi connectivity index (χ0v) is 18.2. The van der Waals surface area contributed by atoms with Crippen molar-refractivity contribution in [3.63, 3.8) is 0 Å². The van der Waals surface area contributed by atoms with E-state index in [4.69, 9.17) is 28.1 Å². The Balaban J connectivity index is 1.41. The first-order valence-electron chi connectivity index (χ1n) is 10.1. The fourth-order valence-electron chi connectivity index (χ4n) is 4.26. The highest BCUT2D eigenvalue weighted by Crippen LogP contribution is 2.55. The van der Waals surface area contributed by atoms with Crippen LogP contribution in [0.5, 0.6) is 0 Å². The first kappa shape index (κ1) is 19.2. The van der Waals surface area contributed by atoms with Crippen molar-refractivity contribution in [3.05, 3.63) is 35.9 Å². The predicted molar refractivity (Wildman–Crippen MR) is 104 cm³/mol. The Kier molecular flexibility index (Phi) is 4.35. The van der Waals surface area contributed by atoms with Gasteiger partial charge in [0.1, 0.15) is 36.1 Å². The first-order valence-corrected chi connectivity index (χ1v) is 13.1. The summed E-state index contributed by atoms with van der Waals surface area (Å²) in [4.78, 5) is 0. The summed E-state index contributed by atoms with van der Waals surface area (Å²) in [6.07, 6.45) is -1.01. The van der Waals surface area contributed by atoms with Gasteiger partial charge in [0.15, 0.2) is 8.32 Å². The SMILES string of the molecule is CC(C)(C)[Si](C)(C)O[C@H]1[C@H]2O[C@@H]3O[C@H]([C@@H]2OCc2ccccc2)[C@@]2(CO2)[C@H]1O3. The lowest BCUT2D eigenvalue weighted by Crippen LogP contribution is -2.78. The number of hydrogen-bond acceptors (Lipinski definition) is 6. The molecule has 1 aromatic carbocycles. The normalized spacial score (nSPS) is 41.6. The van der Waals surface area contributed by atoms with E-state index in [1.165, 1.54) is 0 Å². The van der Waals surface area contributed by atoms with Crippen molar-refractivity contribution in [2.24, 2.45) is 0 Å². The molecule has 4 saturated heterocycles. The summed E-state index contributed by atoms with van der Waals surface area (Å²) >= 11 is 0. The Hall–Kier alpha value is -0.803. The van der Waals surface area contributed by atoms with Crippen LogP contribution < -0.4 is 0 Å². The Morgan fingerprint density at radius 3 is 2.29 bits per heavy atom. The third kappa shape index (κ3) is 2.91. The molecule has 1 saturated carbocycles. The summed E-state index contributed by atoms with van der Waals surface area (Å²) in [6, 6.07) is 10.2. The summed E-state index contributed by atoms with van der Waals surface area (Å²) < 4.78 is 37.3. The van der Waals surface area contributed by atoms with Gasteiger partial charge < -0.3 is 28.1 Å². The standard InChI is InChI=1S/C21H30O6Si/c1-20(2,3)28(4,5)27-16-14-15(22-11-13-9-7-6-8-10-13)17-21(12-23-21)18(16)26-19(24-14)25-17/h6-10,14-19H,11-12H2,1-5H3/t14-,15+,16-,17+,18-,19+,21-/m0/s1. The number of epoxide rings is 1. The maximum atomic E-state index is 6.81. The average Bonchev–Trinajstić information content (AvgIpc) is 3.42. The highest BCUT2D eigenvalue weighted by molar-refractivity contribution is 6.74. The van der Waals surface area contributed by atoms with Crippen LogP contribution in [0.2, 0.25) is 18.1 Å². The second kappa shape index (κ2) is 6.35. The van der Waals surface area contributed by atoms with E-state index in [9.17, 15) is 0 Å². The predicted octanol–water partition coefficient (Wildman–Crippen LogP) is 3.21. The van der Waals surface area contributed by atoms with E-state index in [1.807, 2.05) is 18.2 Å². The van der Waals surface area contributed by atoms with Gasteiger partial charge in [-0.2, -0.15) is 0 Å². The highest BCUT2D eigenvalue weighted by atomic mass is 28.4. The summed E-state index contributed by atoms with van der Waals surface area (Å²) in [6.45, 7) is 11.7. The molecule has 0 aromatic heterocycles. The van der Waals surface area contributed by atoms with E-state index in [0.717, 1.165) is 5.56 Å². The Morgan fingerprint density at radius 2 is 1.68 bits per heavy atom. The molecule has 4 aliphatic heterocycles. The third-order valence-electron chi connectivity index (χ3n) is 6.99. The van der Waals surface area contributed by atoms with Gasteiger partial charge in [-0.1, -0.05) is 51.1 Å². The zero-order valence-electron chi connectivity index (χ0n) is 17.2. The molecule has 1 aromatic rings. The number of hydrogen-bond donors (Lipinski definition) is 0. The summed E-state index contributed by atoms with van der Waals surface area (Å²) in [5.41, 5.74) is 0.658. The second-order valence-electron chi connectivity index (χ2n) is 9.85. The van der Waals surface area contributed by atoms with Gasteiger partial charge in [0.2, 0.25) is 0 Å². The van der Waals surface area contributed by atoms with Crippen LogP contribution in [-0.4, -0.2) is 57.5 Å². The quantitative estimate of drug-likeness (QED) is 0.553. The molecule has 7 heteroatoms. The monoisotopic (exact) mass is 406 g/mol. The molecule has 5 aliphatic rings. The molecule has 5 fully saturated rings. The van der Waals surface area contributed by atoms with Crippen LogP contribution in [0.4, 0.5) is 0 Å². The van der Waals surface area contributed by atoms with E-state index in [-0.39, 0.29) is 35.6 Å². The van der Waals surface area contributed by atoms with Crippen molar-refractivity contribution in [1.29, 1.82) is 0 Å². The molecule has 154 valence electrons. The van der Waals surface area contributed by atoms with Crippen LogP contribution in [0.25, 0.3) is 0 Å². The molecular formula is C21H30O6Si. The maximum absolute atomic E-state index is 6.81. The highest BCUT2D eigenvalue weighted by Gasteiger charge is 2.76. The lowest BCUT2D eigenvalue weighted by Gasteiger charge is -2.60. The zero-order chi connectivity index (χ0) is 19.7. The molecule has 0 amide bonds. The average molecular weight is 407 g/mol. The van der Waals surface area contributed by atoms with Gasteiger partial charge in [-0.15, -0.1) is 0 Å². The lowest BCUT2D eigenvalue weighted by molar-refractivity contribution is -0.479. The smallest absolute Gasteiger partial charge is 0.273 e. The van der Waals surface area contributed by atoms with Crippen LogP contribution in [-0.2, 0) is 34.7 Å². The molecule has 6 nitrogen and oxygen atoms in total. The first-order chi connectivity index (χ1) is 13.2. The van der Waals surface area contributed by atoms with Crippen molar-refractivity contribution >= 4 is 8.32 Å². The van der Waals surface area contributed by atoms with E-state index in [0.29, 0.717) is 13.2 Å². The van der Waals surface area contributed by atoms with Crippen LogP contribution in [0.1, 0.15) is 26.3 Å². The summed E-state index contributed by atoms with van der Waals surface area (Å²) in [5, 5.41) is 0.0934. The van der Waals surface area contributed by atoms with Crippen LogP contribution in [0, 0.1) is 0 Å². The fourth-order valence-corrected chi connectivity index (χ4v) is 5.55. The largest absolute Gasteiger partial charge is 0.408 e. The minimum Gasteiger partial charge on any atom is -0.408 e. The number of ether oxygens (including phenoxy) is 5. The second-order valence-corrected chi connectivity index (χ2v) is 14.6. The molecule has 7 atom stereocenters.